The third kappa shape index (κ3) is 4.76. The molecular weight excluding hydrogens is 398 g/mol. The number of rotatable bonds is 5. The summed E-state index contributed by atoms with van der Waals surface area (Å²) in [4.78, 5) is 48.6. The molecule has 1 heterocycles. The number of urea groups is 1. The zero-order chi connectivity index (χ0) is 21.0. The Morgan fingerprint density at radius 1 is 1.31 bits per heavy atom. The maximum Gasteiger partial charge on any atom is 0.344 e. The predicted octanol–water partition coefficient (Wildman–Crippen LogP) is 2.43. The summed E-state index contributed by atoms with van der Waals surface area (Å²) in [6.07, 6.45) is 5.32. The van der Waals surface area contributed by atoms with Crippen LogP contribution in [0.25, 0.3) is 6.08 Å². The van der Waals surface area contributed by atoms with E-state index in [2.05, 4.69) is 17.7 Å². The third-order valence-corrected chi connectivity index (χ3v) is 5.52. The second-order valence-corrected chi connectivity index (χ2v) is 7.74. The number of esters is 1. The van der Waals surface area contributed by atoms with E-state index in [0.717, 1.165) is 18.9 Å². The van der Waals surface area contributed by atoms with Gasteiger partial charge in [-0.05, 0) is 49.3 Å². The minimum absolute atomic E-state index is 0.471. The average Bonchev–Trinajstić information content (AvgIpc) is 2.92. The summed E-state index contributed by atoms with van der Waals surface area (Å²) in [7, 11) is 0. The smallest absolute Gasteiger partial charge is 0.344 e. The monoisotopic (exact) mass is 419 g/mol. The molecule has 29 heavy (non-hydrogen) atoms. The molecule has 1 spiro atoms. The van der Waals surface area contributed by atoms with Crippen molar-refractivity contribution >= 4 is 41.5 Å². The zero-order valence-electron chi connectivity index (χ0n) is 15.9. The van der Waals surface area contributed by atoms with E-state index < -0.39 is 36.0 Å². The summed E-state index contributed by atoms with van der Waals surface area (Å²) < 4.78 is 4.85. The number of nitrogens with zero attached hydrogens (tertiary/aromatic N) is 1. The first-order chi connectivity index (χ1) is 13.8. The third-order valence-electron chi connectivity index (χ3n) is 5.18. The molecule has 0 unspecified atom stereocenters. The number of hydrogen-bond acceptors (Lipinski definition) is 5. The van der Waals surface area contributed by atoms with Crippen LogP contribution in [0.3, 0.4) is 0 Å². The summed E-state index contributed by atoms with van der Waals surface area (Å²) >= 11 is 5.98. The molecule has 1 aliphatic carbocycles. The Bertz CT molecular complexity index is 861. The largest absolute Gasteiger partial charge is 0.452 e. The molecule has 8 nitrogen and oxygen atoms in total. The summed E-state index contributed by atoms with van der Waals surface area (Å²) in [6.45, 7) is 1.47. The highest BCUT2D eigenvalue weighted by molar-refractivity contribution is 6.32. The van der Waals surface area contributed by atoms with Gasteiger partial charge in [-0.3, -0.25) is 15.0 Å². The predicted molar refractivity (Wildman–Crippen MR) is 105 cm³/mol. The van der Waals surface area contributed by atoms with Gasteiger partial charge in [-0.15, -0.1) is 0 Å². The number of nitrogens with one attached hydrogen (secondary N) is 2. The van der Waals surface area contributed by atoms with Gasteiger partial charge in [-0.1, -0.05) is 36.7 Å². The van der Waals surface area contributed by atoms with Crippen LogP contribution in [0.15, 0.2) is 30.3 Å². The van der Waals surface area contributed by atoms with Crippen molar-refractivity contribution < 1.29 is 23.9 Å². The number of benzene rings is 1. The zero-order valence-corrected chi connectivity index (χ0v) is 16.7. The summed E-state index contributed by atoms with van der Waals surface area (Å²) in [5, 5.41) is 3.84. The quantitative estimate of drug-likeness (QED) is 0.433. The van der Waals surface area contributed by atoms with Crippen LogP contribution >= 0.6 is 11.6 Å². The molecule has 0 atom stereocenters. The van der Waals surface area contributed by atoms with Gasteiger partial charge >= 0.3 is 12.0 Å². The lowest BCUT2D eigenvalue weighted by atomic mass is 9.77. The average molecular weight is 420 g/mol. The molecule has 0 radical (unpaired) electrons. The van der Waals surface area contributed by atoms with Crippen LogP contribution in [0, 0.1) is 5.92 Å². The van der Waals surface area contributed by atoms with Crippen molar-refractivity contribution in [1.82, 2.24) is 15.8 Å². The van der Waals surface area contributed by atoms with E-state index in [1.165, 1.54) is 6.08 Å². The highest BCUT2D eigenvalue weighted by Crippen LogP contribution is 2.35. The van der Waals surface area contributed by atoms with Gasteiger partial charge in [0.25, 0.3) is 11.8 Å². The fourth-order valence-electron chi connectivity index (χ4n) is 3.43. The molecule has 1 saturated carbocycles. The van der Waals surface area contributed by atoms with Crippen LogP contribution in [0.4, 0.5) is 4.79 Å². The molecule has 0 bridgehead atoms. The van der Waals surface area contributed by atoms with Crippen molar-refractivity contribution in [1.29, 1.82) is 0 Å². The normalized spacial score (nSPS) is 24.1. The summed E-state index contributed by atoms with van der Waals surface area (Å²) in [6, 6.07) is 6.25. The second-order valence-electron chi connectivity index (χ2n) is 7.33. The van der Waals surface area contributed by atoms with Gasteiger partial charge in [0.15, 0.2) is 6.61 Å². The second kappa shape index (κ2) is 8.65. The van der Waals surface area contributed by atoms with Crippen molar-refractivity contribution in [2.75, 3.05) is 6.61 Å². The minimum atomic E-state index is -0.953. The first-order valence-electron chi connectivity index (χ1n) is 9.36. The van der Waals surface area contributed by atoms with E-state index in [1.807, 2.05) is 0 Å². The van der Waals surface area contributed by atoms with Crippen molar-refractivity contribution in [2.24, 2.45) is 5.92 Å². The minimum Gasteiger partial charge on any atom is -0.452 e. The van der Waals surface area contributed by atoms with Gasteiger partial charge in [-0.2, -0.15) is 5.01 Å². The van der Waals surface area contributed by atoms with Gasteiger partial charge in [0.05, 0.1) is 0 Å². The van der Waals surface area contributed by atoms with E-state index in [1.54, 1.807) is 24.3 Å². The molecule has 0 aromatic heterocycles. The summed E-state index contributed by atoms with van der Waals surface area (Å²) in [5.74, 6) is -1.52. The van der Waals surface area contributed by atoms with Crippen molar-refractivity contribution in [3.63, 3.8) is 0 Å². The van der Waals surface area contributed by atoms with Crippen molar-refractivity contribution in [3.8, 4) is 0 Å². The van der Waals surface area contributed by atoms with Gasteiger partial charge in [0.2, 0.25) is 0 Å². The van der Waals surface area contributed by atoms with Crippen molar-refractivity contribution in [3.05, 3.63) is 40.9 Å². The fraction of sp³-hybridized carbons (Fsp3) is 0.400. The maximum absolute atomic E-state index is 12.7. The first-order valence-corrected chi connectivity index (χ1v) is 9.74. The van der Waals surface area contributed by atoms with Crippen LogP contribution in [0.1, 0.15) is 38.2 Å². The molecule has 1 aromatic carbocycles. The Labute approximate surface area is 173 Å². The molecule has 154 valence electrons. The Kier molecular flexibility index (Phi) is 6.22. The molecule has 2 N–H and O–H groups in total. The lowest BCUT2D eigenvalue weighted by Gasteiger charge is -2.33. The number of carbonyl (C=O) groups excluding carboxylic acids is 4. The van der Waals surface area contributed by atoms with Gasteiger partial charge in [0.1, 0.15) is 5.54 Å². The first kappa shape index (κ1) is 20.9. The molecule has 9 heteroatoms. The highest BCUT2D eigenvalue weighted by atomic mass is 35.5. The van der Waals surface area contributed by atoms with Gasteiger partial charge in [0, 0.05) is 11.1 Å². The number of imide groups is 1. The topological polar surface area (TPSA) is 105 Å². The Balaban J connectivity index is 1.50. The van der Waals surface area contributed by atoms with Crippen molar-refractivity contribution in [2.45, 2.75) is 38.1 Å². The van der Waals surface area contributed by atoms with Crippen LogP contribution in [0.5, 0.6) is 0 Å². The van der Waals surface area contributed by atoms with E-state index in [9.17, 15) is 19.2 Å². The van der Waals surface area contributed by atoms with E-state index in [-0.39, 0.29) is 0 Å². The standard InChI is InChI=1S/C20H22ClN3O5/c1-13-8-10-20(11-9-13)18(27)24(19(28)22-20)23-16(25)12-29-17(26)7-6-14-4-2-3-5-15(14)21/h2-7,13H,8-12H2,1H3,(H,22,28)(H,23,25)/b7-6+. The molecule has 2 aliphatic rings. The lowest BCUT2D eigenvalue weighted by Crippen LogP contribution is -2.52. The van der Waals surface area contributed by atoms with Crippen LogP contribution in [-0.2, 0) is 19.1 Å². The van der Waals surface area contributed by atoms with Crippen LogP contribution in [-0.4, -0.2) is 41.0 Å². The van der Waals surface area contributed by atoms with E-state index in [0.29, 0.717) is 34.4 Å². The number of hydrogen-bond donors (Lipinski definition) is 2. The van der Waals surface area contributed by atoms with Crippen LogP contribution < -0.4 is 10.7 Å². The van der Waals surface area contributed by atoms with E-state index >= 15 is 0 Å². The number of amides is 4. The molecule has 4 amide bonds. The maximum atomic E-state index is 12.7. The fourth-order valence-corrected chi connectivity index (χ4v) is 3.62. The Hall–Kier alpha value is -2.87. The number of hydrazine groups is 1. The number of halogens is 1. The summed E-state index contributed by atoms with van der Waals surface area (Å²) in [5.41, 5.74) is 1.88. The molecule has 1 aliphatic heterocycles. The lowest BCUT2D eigenvalue weighted by molar-refractivity contribution is -0.147. The van der Waals surface area contributed by atoms with E-state index in [4.69, 9.17) is 16.3 Å². The molecule has 1 aromatic rings. The number of ether oxygens (including phenoxy) is 1. The van der Waals surface area contributed by atoms with Crippen LogP contribution in [0.2, 0.25) is 5.02 Å². The number of carbonyl (C=O) groups is 4. The Morgan fingerprint density at radius 3 is 2.69 bits per heavy atom. The molecule has 2 fully saturated rings. The molecular formula is C20H22ClN3O5. The SMILES string of the molecule is CC1CCC2(CC1)NC(=O)N(NC(=O)COC(=O)/C=C/c1ccccc1Cl)C2=O. The highest BCUT2D eigenvalue weighted by Gasteiger charge is 2.52. The Morgan fingerprint density at radius 2 is 2.00 bits per heavy atom. The molecule has 1 saturated heterocycles. The molecule has 3 rings (SSSR count). The van der Waals surface area contributed by atoms with Gasteiger partial charge < -0.3 is 10.1 Å². The van der Waals surface area contributed by atoms with Gasteiger partial charge in [-0.25, -0.2) is 9.59 Å².